The molecule has 30 heavy (non-hydrogen) atoms. The van der Waals surface area contributed by atoms with Crippen LogP contribution in [0.4, 0.5) is 0 Å². The molecular formula is C23H26N4O3. The molecule has 0 radical (unpaired) electrons. The van der Waals surface area contributed by atoms with Crippen LogP contribution in [-0.4, -0.2) is 58.9 Å². The SMILES string of the molecule is CN(C)C/C=C/C(=O)NC1CC(Oc2cc(-c3ccc(O)cc3)cc3[nH]ncc23)C1. The first-order chi connectivity index (χ1) is 14.5. The summed E-state index contributed by atoms with van der Waals surface area (Å²) < 4.78 is 6.25. The van der Waals surface area contributed by atoms with Crippen LogP contribution in [0.5, 0.6) is 11.5 Å². The van der Waals surface area contributed by atoms with E-state index in [0.717, 1.165) is 47.2 Å². The van der Waals surface area contributed by atoms with E-state index in [9.17, 15) is 9.90 Å². The molecule has 0 aliphatic heterocycles. The number of H-pyrrole nitrogens is 1. The third-order valence-corrected chi connectivity index (χ3v) is 5.20. The van der Waals surface area contributed by atoms with Gasteiger partial charge in [0.15, 0.2) is 0 Å². The van der Waals surface area contributed by atoms with Crippen LogP contribution in [0.15, 0.2) is 54.7 Å². The van der Waals surface area contributed by atoms with E-state index >= 15 is 0 Å². The highest BCUT2D eigenvalue weighted by Crippen LogP contribution is 2.35. The van der Waals surface area contributed by atoms with E-state index in [1.807, 2.05) is 49.3 Å². The number of ether oxygens (including phenoxy) is 1. The topological polar surface area (TPSA) is 90.5 Å². The van der Waals surface area contributed by atoms with Gasteiger partial charge < -0.3 is 20.1 Å². The number of aromatic hydroxyl groups is 1. The predicted molar refractivity (Wildman–Crippen MR) is 116 cm³/mol. The molecule has 156 valence electrons. The number of hydrogen-bond acceptors (Lipinski definition) is 5. The number of nitrogens with one attached hydrogen (secondary N) is 2. The molecule has 0 spiro atoms. The van der Waals surface area contributed by atoms with Crippen LogP contribution < -0.4 is 10.1 Å². The fourth-order valence-electron chi connectivity index (χ4n) is 3.52. The van der Waals surface area contributed by atoms with Crippen LogP contribution in [0.3, 0.4) is 0 Å². The van der Waals surface area contributed by atoms with E-state index in [-0.39, 0.29) is 23.8 Å². The van der Waals surface area contributed by atoms with Gasteiger partial charge in [-0.1, -0.05) is 18.2 Å². The zero-order valence-corrected chi connectivity index (χ0v) is 17.1. The molecule has 0 unspecified atom stereocenters. The molecule has 1 heterocycles. The van der Waals surface area contributed by atoms with Crippen molar-refractivity contribution < 1.29 is 14.6 Å². The Morgan fingerprint density at radius 3 is 2.77 bits per heavy atom. The highest BCUT2D eigenvalue weighted by molar-refractivity contribution is 5.90. The highest BCUT2D eigenvalue weighted by Gasteiger charge is 2.32. The van der Waals surface area contributed by atoms with Crippen molar-refractivity contribution >= 4 is 16.8 Å². The second-order valence-electron chi connectivity index (χ2n) is 7.93. The molecule has 2 aromatic carbocycles. The molecular weight excluding hydrogens is 380 g/mol. The van der Waals surface area contributed by atoms with Crippen molar-refractivity contribution in [1.29, 1.82) is 0 Å². The van der Waals surface area contributed by atoms with E-state index in [1.54, 1.807) is 24.4 Å². The fraction of sp³-hybridized carbons (Fsp3) is 0.304. The molecule has 0 atom stereocenters. The zero-order valence-electron chi connectivity index (χ0n) is 17.1. The molecule has 1 fully saturated rings. The van der Waals surface area contributed by atoms with Crippen molar-refractivity contribution in [3.8, 4) is 22.6 Å². The minimum Gasteiger partial charge on any atom is -0.508 e. The van der Waals surface area contributed by atoms with Gasteiger partial charge in [0.05, 0.1) is 17.1 Å². The average Bonchev–Trinajstić information content (AvgIpc) is 3.15. The van der Waals surface area contributed by atoms with Crippen LogP contribution >= 0.6 is 0 Å². The molecule has 3 aromatic rings. The van der Waals surface area contributed by atoms with Crippen LogP contribution in [0.25, 0.3) is 22.0 Å². The third-order valence-electron chi connectivity index (χ3n) is 5.20. The lowest BCUT2D eigenvalue weighted by molar-refractivity contribution is -0.118. The number of carbonyl (C=O) groups is 1. The Morgan fingerprint density at radius 1 is 1.27 bits per heavy atom. The molecule has 1 aromatic heterocycles. The van der Waals surface area contributed by atoms with Gasteiger partial charge in [-0.15, -0.1) is 0 Å². The largest absolute Gasteiger partial charge is 0.508 e. The number of aromatic amines is 1. The Kier molecular flexibility index (Phi) is 5.72. The molecule has 1 aliphatic carbocycles. The van der Waals surface area contributed by atoms with Gasteiger partial charge in [0.1, 0.15) is 17.6 Å². The summed E-state index contributed by atoms with van der Waals surface area (Å²) >= 11 is 0. The Balaban J connectivity index is 1.40. The van der Waals surface area contributed by atoms with Crippen LogP contribution in [-0.2, 0) is 4.79 Å². The summed E-state index contributed by atoms with van der Waals surface area (Å²) in [7, 11) is 3.92. The molecule has 3 N–H and O–H groups in total. The minimum atomic E-state index is -0.0631. The van der Waals surface area contributed by atoms with Crippen molar-refractivity contribution in [1.82, 2.24) is 20.4 Å². The summed E-state index contributed by atoms with van der Waals surface area (Å²) in [5, 5.41) is 20.6. The van der Waals surface area contributed by atoms with E-state index in [2.05, 4.69) is 15.5 Å². The quantitative estimate of drug-likeness (QED) is 0.525. The molecule has 1 aliphatic rings. The first kappa shape index (κ1) is 20.0. The van der Waals surface area contributed by atoms with Gasteiger partial charge in [-0.25, -0.2) is 0 Å². The van der Waals surface area contributed by atoms with Crippen LogP contribution in [0, 0.1) is 0 Å². The molecule has 4 rings (SSSR count). The fourth-order valence-corrected chi connectivity index (χ4v) is 3.52. The third kappa shape index (κ3) is 4.63. The number of likely N-dealkylation sites (N-methyl/N-ethyl adjacent to an activating group) is 1. The number of carbonyl (C=O) groups excluding carboxylic acids is 1. The average molecular weight is 406 g/mol. The Bertz CT molecular complexity index is 1050. The number of amides is 1. The monoisotopic (exact) mass is 406 g/mol. The molecule has 0 saturated heterocycles. The van der Waals surface area contributed by atoms with Gasteiger partial charge in [-0.05, 0) is 49.5 Å². The highest BCUT2D eigenvalue weighted by atomic mass is 16.5. The lowest BCUT2D eigenvalue weighted by Gasteiger charge is -2.35. The second kappa shape index (κ2) is 8.59. The Morgan fingerprint density at radius 2 is 2.03 bits per heavy atom. The van der Waals surface area contributed by atoms with Crippen molar-refractivity contribution in [2.45, 2.75) is 25.0 Å². The van der Waals surface area contributed by atoms with E-state index in [4.69, 9.17) is 4.74 Å². The summed E-state index contributed by atoms with van der Waals surface area (Å²) in [6.07, 6.45) is 6.80. The van der Waals surface area contributed by atoms with E-state index in [1.165, 1.54) is 0 Å². The summed E-state index contributed by atoms with van der Waals surface area (Å²) in [6.45, 7) is 0.738. The number of phenolic OH excluding ortho intramolecular Hbond substituents is 1. The summed E-state index contributed by atoms with van der Waals surface area (Å²) in [6, 6.07) is 11.2. The van der Waals surface area contributed by atoms with Gasteiger partial charge in [-0.2, -0.15) is 5.10 Å². The number of fused-ring (bicyclic) bond motifs is 1. The summed E-state index contributed by atoms with van der Waals surface area (Å²) in [5.74, 6) is 0.939. The molecule has 1 saturated carbocycles. The van der Waals surface area contributed by atoms with Crippen LogP contribution in [0.2, 0.25) is 0 Å². The number of aromatic nitrogens is 2. The minimum absolute atomic E-state index is 0.0502. The first-order valence-electron chi connectivity index (χ1n) is 10.0. The van der Waals surface area contributed by atoms with Gasteiger partial charge in [0.25, 0.3) is 0 Å². The first-order valence-corrected chi connectivity index (χ1v) is 10.0. The van der Waals surface area contributed by atoms with E-state index in [0.29, 0.717) is 0 Å². The normalized spacial score (nSPS) is 18.6. The predicted octanol–water partition coefficient (Wildman–Crippen LogP) is 3.08. The lowest BCUT2D eigenvalue weighted by Crippen LogP contribution is -2.48. The maximum absolute atomic E-state index is 12.0. The van der Waals surface area contributed by atoms with Gasteiger partial charge in [-0.3, -0.25) is 9.89 Å². The number of hydrogen-bond donors (Lipinski definition) is 3. The van der Waals surface area contributed by atoms with E-state index < -0.39 is 0 Å². The second-order valence-corrected chi connectivity index (χ2v) is 7.93. The van der Waals surface area contributed by atoms with Gasteiger partial charge in [0.2, 0.25) is 5.91 Å². The lowest BCUT2D eigenvalue weighted by atomic mass is 9.89. The Labute approximate surface area is 175 Å². The molecule has 1 amide bonds. The van der Waals surface area contributed by atoms with Crippen molar-refractivity contribution in [3.63, 3.8) is 0 Å². The number of nitrogens with zero attached hydrogens (tertiary/aromatic N) is 2. The Hall–Kier alpha value is -3.32. The van der Waals surface area contributed by atoms with Crippen molar-refractivity contribution in [2.75, 3.05) is 20.6 Å². The van der Waals surface area contributed by atoms with Gasteiger partial charge in [0, 0.05) is 31.5 Å². The maximum atomic E-state index is 12.0. The number of benzene rings is 2. The zero-order chi connectivity index (χ0) is 21.1. The molecule has 0 bridgehead atoms. The smallest absolute Gasteiger partial charge is 0.243 e. The molecule has 7 nitrogen and oxygen atoms in total. The summed E-state index contributed by atoms with van der Waals surface area (Å²) in [4.78, 5) is 14.0. The summed E-state index contributed by atoms with van der Waals surface area (Å²) in [5.41, 5.74) is 2.86. The number of phenols is 1. The molecule has 7 heteroatoms. The standard InChI is InChI=1S/C23H26N4O3/c1-27(2)9-3-4-23(29)25-17-12-19(13-17)30-22-11-16(10-21-20(22)14-24-26-21)15-5-7-18(28)8-6-15/h3-8,10-11,14,17,19,28H,9,12-13H2,1-2H3,(H,24,26)(H,25,29)/b4-3+. The number of rotatable bonds is 7. The van der Waals surface area contributed by atoms with Crippen molar-refractivity contribution in [2.24, 2.45) is 0 Å². The van der Waals surface area contributed by atoms with Crippen LogP contribution in [0.1, 0.15) is 12.8 Å². The maximum Gasteiger partial charge on any atom is 0.243 e. The van der Waals surface area contributed by atoms with Crippen molar-refractivity contribution in [3.05, 3.63) is 54.7 Å². The van der Waals surface area contributed by atoms with Gasteiger partial charge >= 0.3 is 0 Å².